The summed E-state index contributed by atoms with van der Waals surface area (Å²) >= 11 is 0. The fourth-order valence-corrected chi connectivity index (χ4v) is 3.14. The van der Waals surface area contributed by atoms with Gasteiger partial charge in [0.25, 0.3) is 0 Å². The van der Waals surface area contributed by atoms with Gasteiger partial charge in [-0.15, -0.1) is 0 Å². The van der Waals surface area contributed by atoms with Crippen molar-refractivity contribution in [1.29, 1.82) is 0 Å². The maximum atomic E-state index is 13.5. The van der Waals surface area contributed by atoms with E-state index in [1.54, 1.807) is 13.2 Å². The average molecular weight is 341 g/mol. The molecule has 0 spiro atoms. The Labute approximate surface area is 145 Å². The average Bonchev–Trinajstić information content (AvgIpc) is 3.38. The van der Waals surface area contributed by atoms with Crippen LogP contribution in [-0.2, 0) is 13.5 Å². The summed E-state index contributed by atoms with van der Waals surface area (Å²) in [6, 6.07) is 6.44. The molecule has 1 fully saturated rings. The molecular weight excluding hydrogens is 321 g/mol. The first-order valence-electron chi connectivity index (χ1n) is 8.35. The van der Waals surface area contributed by atoms with Crippen LogP contribution in [0.3, 0.4) is 0 Å². The van der Waals surface area contributed by atoms with Crippen molar-refractivity contribution < 1.29 is 13.9 Å². The zero-order chi connectivity index (χ0) is 17.6. The number of benzene rings is 1. The quantitative estimate of drug-likeness (QED) is 0.709. The number of aromatic nitrogens is 3. The third-order valence-electron chi connectivity index (χ3n) is 4.75. The first kappa shape index (κ1) is 15.9. The SMILES string of the molecule is COc1cc(F)ccc1-c1cc2c(nc1OC)nc(CC1CC1)n2C. The molecule has 2 aromatic heterocycles. The van der Waals surface area contributed by atoms with Gasteiger partial charge in [-0.2, -0.15) is 4.98 Å². The lowest BCUT2D eigenvalue weighted by Crippen LogP contribution is -1.99. The molecule has 2 heterocycles. The predicted octanol–water partition coefficient (Wildman–Crippen LogP) is 3.74. The smallest absolute Gasteiger partial charge is 0.223 e. The number of aryl methyl sites for hydroxylation is 1. The van der Waals surface area contributed by atoms with Crippen LogP contribution in [0.2, 0.25) is 0 Å². The molecule has 0 amide bonds. The summed E-state index contributed by atoms with van der Waals surface area (Å²) < 4.78 is 26.4. The molecule has 1 aliphatic rings. The van der Waals surface area contributed by atoms with Gasteiger partial charge < -0.3 is 14.0 Å². The first-order chi connectivity index (χ1) is 12.1. The number of halogens is 1. The van der Waals surface area contributed by atoms with Crippen LogP contribution >= 0.6 is 0 Å². The van der Waals surface area contributed by atoms with Gasteiger partial charge in [-0.3, -0.25) is 0 Å². The second kappa shape index (κ2) is 6.02. The Kier molecular flexibility index (Phi) is 3.82. The Bertz CT molecular complexity index is 947. The van der Waals surface area contributed by atoms with Gasteiger partial charge in [0, 0.05) is 30.7 Å². The predicted molar refractivity (Wildman–Crippen MR) is 93.4 cm³/mol. The van der Waals surface area contributed by atoms with Gasteiger partial charge in [-0.25, -0.2) is 9.37 Å². The van der Waals surface area contributed by atoms with E-state index in [0.29, 0.717) is 17.3 Å². The van der Waals surface area contributed by atoms with E-state index < -0.39 is 0 Å². The Morgan fingerprint density at radius 2 is 1.92 bits per heavy atom. The number of fused-ring (bicyclic) bond motifs is 1. The van der Waals surface area contributed by atoms with Gasteiger partial charge in [0.1, 0.15) is 17.4 Å². The number of rotatable bonds is 5. The van der Waals surface area contributed by atoms with Crippen molar-refractivity contribution in [2.45, 2.75) is 19.3 Å². The van der Waals surface area contributed by atoms with Crippen LogP contribution in [0, 0.1) is 11.7 Å². The van der Waals surface area contributed by atoms with E-state index in [1.807, 2.05) is 13.1 Å². The Morgan fingerprint density at radius 1 is 1.12 bits per heavy atom. The van der Waals surface area contributed by atoms with E-state index in [9.17, 15) is 4.39 Å². The molecule has 0 bridgehead atoms. The van der Waals surface area contributed by atoms with Crippen LogP contribution in [0.1, 0.15) is 18.7 Å². The van der Waals surface area contributed by atoms with Crippen molar-refractivity contribution in [3.63, 3.8) is 0 Å². The van der Waals surface area contributed by atoms with Gasteiger partial charge in [0.05, 0.1) is 19.7 Å². The van der Waals surface area contributed by atoms with Gasteiger partial charge >= 0.3 is 0 Å². The van der Waals surface area contributed by atoms with Crippen molar-refractivity contribution in [3.8, 4) is 22.8 Å². The van der Waals surface area contributed by atoms with Crippen molar-refractivity contribution >= 4 is 11.2 Å². The van der Waals surface area contributed by atoms with E-state index in [-0.39, 0.29) is 5.82 Å². The summed E-state index contributed by atoms with van der Waals surface area (Å²) in [4.78, 5) is 9.25. The summed E-state index contributed by atoms with van der Waals surface area (Å²) in [5.41, 5.74) is 3.09. The van der Waals surface area contributed by atoms with E-state index in [2.05, 4.69) is 14.5 Å². The summed E-state index contributed by atoms with van der Waals surface area (Å²) in [5.74, 6) is 2.33. The molecule has 0 radical (unpaired) electrons. The second-order valence-corrected chi connectivity index (χ2v) is 6.47. The highest BCUT2D eigenvalue weighted by molar-refractivity contribution is 5.84. The largest absolute Gasteiger partial charge is 0.496 e. The Morgan fingerprint density at radius 3 is 2.60 bits per heavy atom. The van der Waals surface area contributed by atoms with Gasteiger partial charge in [0.2, 0.25) is 5.88 Å². The van der Waals surface area contributed by atoms with Crippen LogP contribution in [0.4, 0.5) is 4.39 Å². The zero-order valence-corrected chi connectivity index (χ0v) is 14.5. The lowest BCUT2D eigenvalue weighted by molar-refractivity contribution is 0.398. The van der Waals surface area contributed by atoms with E-state index in [4.69, 9.17) is 9.47 Å². The van der Waals surface area contributed by atoms with Crippen molar-refractivity contribution in [3.05, 3.63) is 35.9 Å². The van der Waals surface area contributed by atoms with E-state index in [0.717, 1.165) is 34.8 Å². The zero-order valence-electron chi connectivity index (χ0n) is 14.5. The highest BCUT2D eigenvalue weighted by Gasteiger charge is 2.25. The minimum absolute atomic E-state index is 0.346. The molecule has 0 atom stereocenters. The van der Waals surface area contributed by atoms with E-state index >= 15 is 0 Å². The fraction of sp³-hybridized carbons (Fsp3) is 0.368. The molecule has 0 unspecified atom stereocenters. The van der Waals surface area contributed by atoms with Gasteiger partial charge in [-0.1, -0.05) is 0 Å². The number of hydrogen-bond acceptors (Lipinski definition) is 4. The number of ether oxygens (including phenoxy) is 2. The maximum Gasteiger partial charge on any atom is 0.223 e. The first-order valence-corrected chi connectivity index (χ1v) is 8.35. The fourth-order valence-electron chi connectivity index (χ4n) is 3.14. The van der Waals surface area contributed by atoms with Crippen molar-refractivity contribution in [2.24, 2.45) is 13.0 Å². The van der Waals surface area contributed by atoms with Crippen LogP contribution in [0.5, 0.6) is 11.6 Å². The highest BCUT2D eigenvalue weighted by Crippen LogP contribution is 2.38. The third kappa shape index (κ3) is 2.81. The van der Waals surface area contributed by atoms with Crippen molar-refractivity contribution in [1.82, 2.24) is 14.5 Å². The van der Waals surface area contributed by atoms with Crippen LogP contribution in [0.25, 0.3) is 22.3 Å². The molecule has 5 nitrogen and oxygen atoms in total. The summed E-state index contributed by atoms with van der Waals surface area (Å²) in [6.45, 7) is 0. The van der Waals surface area contributed by atoms with Gasteiger partial charge in [0.15, 0.2) is 5.65 Å². The lowest BCUT2D eigenvalue weighted by Gasteiger charge is -2.12. The molecule has 1 aliphatic carbocycles. The summed E-state index contributed by atoms with van der Waals surface area (Å²) in [7, 11) is 5.10. The number of nitrogens with zero attached hydrogens (tertiary/aromatic N) is 3. The minimum atomic E-state index is -0.346. The molecule has 4 rings (SSSR count). The highest BCUT2D eigenvalue weighted by atomic mass is 19.1. The van der Waals surface area contributed by atoms with Crippen LogP contribution in [0.15, 0.2) is 24.3 Å². The monoisotopic (exact) mass is 341 g/mol. The maximum absolute atomic E-state index is 13.5. The molecular formula is C19H20FN3O2. The van der Waals surface area contributed by atoms with Crippen LogP contribution < -0.4 is 9.47 Å². The second-order valence-electron chi connectivity index (χ2n) is 6.47. The Balaban J connectivity index is 1.89. The number of pyridine rings is 1. The summed E-state index contributed by atoms with van der Waals surface area (Å²) in [6.07, 6.45) is 3.53. The molecule has 0 saturated heterocycles. The molecule has 6 heteroatoms. The molecule has 1 aromatic carbocycles. The molecule has 0 aliphatic heterocycles. The molecule has 130 valence electrons. The van der Waals surface area contributed by atoms with E-state index in [1.165, 1.54) is 32.1 Å². The number of methoxy groups -OCH3 is 2. The Hall–Kier alpha value is -2.63. The molecule has 3 aromatic rings. The minimum Gasteiger partial charge on any atom is -0.496 e. The van der Waals surface area contributed by atoms with Crippen LogP contribution in [-0.4, -0.2) is 28.8 Å². The van der Waals surface area contributed by atoms with Gasteiger partial charge in [-0.05, 0) is 37.0 Å². The lowest BCUT2D eigenvalue weighted by atomic mass is 10.1. The molecule has 25 heavy (non-hydrogen) atoms. The van der Waals surface area contributed by atoms with Crippen molar-refractivity contribution in [2.75, 3.05) is 14.2 Å². The number of imidazole rings is 1. The topological polar surface area (TPSA) is 49.2 Å². The summed E-state index contributed by atoms with van der Waals surface area (Å²) in [5, 5.41) is 0. The number of hydrogen-bond donors (Lipinski definition) is 0. The normalized spacial score (nSPS) is 14.1. The third-order valence-corrected chi connectivity index (χ3v) is 4.75. The molecule has 0 N–H and O–H groups in total. The molecule has 1 saturated carbocycles. The standard InChI is InChI=1S/C19H20FN3O2/c1-23-15-10-14(13-7-6-12(20)9-16(13)24-2)19(25-3)22-18(15)21-17(23)8-11-4-5-11/h6-7,9-11H,4-5,8H2,1-3H3.